The summed E-state index contributed by atoms with van der Waals surface area (Å²) in [6.45, 7) is 19.1. The Morgan fingerprint density at radius 2 is 1.59 bits per heavy atom. The summed E-state index contributed by atoms with van der Waals surface area (Å²) in [6, 6.07) is 0.327. The van der Waals surface area contributed by atoms with Crippen molar-refractivity contribution >= 4 is 24.0 Å². The molecule has 0 saturated carbocycles. The summed E-state index contributed by atoms with van der Waals surface area (Å²) in [6.07, 6.45) is 9.43. The number of hydrogen-bond acceptors (Lipinski definition) is 7. The number of halogens is 3. The van der Waals surface area contributed by atoms with Crippen LogP contribution in [0.1, 0.15) is 125 Å². The minimum absolute atomic E-state index is 0.141. The Morgan fingerprint density at radius 1 is 1.00 bits per heavy atom. The quantitative estimate of drug-likeness (QED) is 0.0430. The van der Waals surface area contributed by atoms with Gasteiger partial charge in [-0.25, -0.2) is 4.98 Å². The zero-order valence-corrected chi connectivity index (χ0v) is 30.2. The number of rotatable bonds is 22. The van der Waals surface area contributed by atoms with Crippen molar-refractivity contribution in [3.63, 3.8) is 0 Å². The van der Waals surface area contributed by atoms with Gasteiger partial charge in [0, 0.05) is 43.6 Å². The zero-order chi connectivity index (χ0) is 35.4. The van der Waals surface area contributed by atoms with Crippen molar-refractivity contribution in [2.45, 2.75) is 132 Å². The number of nitrogens with zero attached hydrogens (tertiary/aromatic N) is 4. The Morgan fingerprint density at radius 3 is 2.09 bits per heavy atom. The van der Waals surface area contributed by atoms with Crippen molar-refractivity contribution in [3.8, 4) is 0 Å². The van der Waals surface area contributed by atoms with Crippen LogP contribution in [0.5, 0.6) is 0 Å². The molecule has 0 spiro atoms. The van der Waals surface area contributed by atoms with Crippen molar-refractivity contribution in [3.05, 3.63) is 23.5 Å². The van der Waals surface area contributed by atoms with Crippen LogP contribution in [0.3, 0.4) is 0 Å². The molecule has 0 aliphatic carbocycles. The van der Waals surface area contributed by atoms with Crippen LogP contribution in [0.15, 0.2) is 23.0 Å². The van der Waals surface area contributed by atoms with Gasteiger partial charge in [0.1, 0.15) is 17.2 Å². The third-order valence-electron chi connectivity index (χ3n) is 7.07. The molecule has 0 bridgehead atoms. The molecule has 268 valence electrons. The minimum atomic E-state index is -4.61. The Hall–Kier alpha value is -2.89. The summed E-state index contributed by atoms with van der Waals surface area (Å²) in [7, 11) is 1.87. The van der Waals surface area contributed by atoms with E-state index in [1.165, 1.54) is 25.7 Å². The van der Waals surface area contributed by atoms with Gasteiger partial charge in [0.15, 0.2) is 0 Å². The first-order valence-corrected chi connectivity index (χ1v) is 17.3. The van der Waals surface area contributed by atoms with Crippen LogP contribution >= 0.6 is 0 Å². The molecular weight excluding hydrogens is 593 g/mol. The molecule has 0 atom stereocenters. The van der Waals surface area contributed by atoms with Crippen molar-refractivity contribution in [1.82, 2.24) is 25.5 Å². The maximum atomic E-state index is 13.5. The van der Waals surface area contributed by atoms with Gasteiger partial charge < -0.3 is 26.6 Å². The van der Waals surface area contributed by atoms with E-state index in [9.17, 15) is 18.0 Å². The normalized spacial score (nSPS) is 12.0. The fourth-order valence-electron chi connectivity index (χ4n) is 4.64. The predicted molar refractivity (Wildman–Crippen MR) is 188 cm³/mol. The highest BCUT2D eigenvalue weighted by Crippen LogP contribution is 2.34. The lowest BCUT2D eigenvalue weighted by atomic mass is 10.0. The molecule has 0 aliphatic heterocycles. The third kappa shape index (κ3) is 21.8. The van der Waals surface area contributed by atoms with E-state index in [1.54, 1.807) is 0 Å². The standard InChI is InChI=1S/C24H41F3N8O.C8H18.C2H6/c1-5-9-19(10-6-2)31-15-18(7-3)21(28)33-23-32-16-20(24(25,26)27)22(34-23)30-11-8-13-35(4)14-12-29-17-36;1-4-6-8(3)7-5-2;1-2/h15-17,19,31H,5-14H2,1-4H3,(H,29,36)(H3,28,30,32,33,34);8H,4-7H2,1-3H3;1-2H3/b18-15-;;. The molecule has 0 fully saturated rings. The summed E-state index contributed by atoms with van der Waals surface area (Å²) in [5.74, 6) is 0.650. The van der Waals surface area contributed by atoms with Gasteiger partial charge in [0.2, 0.25) is 6.41 Å². The van der Waals surface area contributed by atoms with E-state index in [0.717, 1.165) is 43.4 Å². The number of aliphatic imine (C=N–C) groups is 1. The molecule has 1 aromatic heterocycles. The number of carbonyl (C=O) groups is 1. The number of nitrogens with one attached hydrogen (secondary N) is 3. The molecule has 0 aromatic carbocycles. The average molecular weight is 659 g/mol. The van der Waals surface area contributed by atoms with Crippen LogP contribution in [0.25, 0.3) is 0 Å². The number of nitrogens with two attached hydrogens (primary N) is 1. The number of aromatic nitrogens is 2. The molecule has 12 heteroatoms. The lowest BCUT2D eigenvalue weighted by molar-refractivity contribution is -0.137. The van der Waals surface area contributed by atoms with E-state index in [1.807, 2.05) is 38.9 Å². The molecule has 9 nitrogen and oxygen atoms in total. The number of carbonyl (C=O) groups excluding carboxylic acids is 1. The van der Waals surface area contributed by atoms with E-state index in [4.69, 9.17) is 5.73 Å². The number of anilines is 1. The molecule has 1 amide bonds. The summed E-state index contributed by atoms with van der Waals surface area (Å²) in [4.78, 5) is 24.3. The summed E-state index contributed by atoms with van der Waals surface area (Å²) in [5.41, 5.74) is 5.93. The topological polar surface area (TPSA) is 121 Å². The lowest BCUT2D eigenvalue weighted by Gasteiger charge is -2.17. The summed E-state index contributed by atoms with van der Waals surface area (Å²) >= 11 is 0. The molecule has 5 N–H and O–H groups in total. The molecular formula is C34H65F3N8O. The number of alkyl halides is 3. The average Bonchev–Trinajstić information content (AvgIpc) is 3.01. The van der Waals surface area contributed by atoms with E-state index < -0.39 is 11.7 Å². The number of hydrogen-bond donors (Lipinski definition) is 4. The van der Waals surface area contributed by atoms with E-state index in [2.05, 4.69) is 65.5 Å². The highest BCUT2D eigenvalue weighted by molar-refractivity contribution is 5.98. The largest absolute Gasteiger partial charge is 0.421 e. The molecule has 46 heavy (non-hydrogen) atoms. The van der Waals surface area contributed by atoms with Crippen LogP contribution < -0.4 is 21.7 Å². The Bertz CT molecular complexity index is 945. The van der Waals surface area contributed by atoms with E-state index in [0.29, 0.717) is 44.9 Å². The lowest BCUT2D eigenvalue weighted by Crippen LogP contribution is -2.30. The Balaban J connectivity index is 0. The molecule has 0 aliphatic rings. The maximum absolute atomic E-state index is 13.5. The molecule has 0 radical (unpaired) electrons. The highest BCUT2D eigenvalue weighted by Gasteiger charge is 2.35. The third-order valence-corrected chi connectivity index (χ3v) is 7.07. The Kier molecular flexibility index (Phi) is 27.9. The first-order chi connectivity index (χ1) is 22.0. The predicted octanol–water partition coefficient (Wildman–Crippen LogP) is 8.07. The van der Waals surface area contributed by atoms with Gasteiger partial charge in [0.25, 0.3) is 5.95 Å². The number of amides is 1. The molecule has 1 rings (SSSR count). The van der Waals surface area contributed by atoms with Crippen LogP contribution in [-0.2, 0) is 11.0 Å². The molecule has 1 aromatic rings. The Labute approximate surface area is 277 Å². The van der Waals surface area contributed by atoms with E-state index in [-0.39, 0.29) is 24.1 Å². The summed E-state index contributed by atoms with van der Waals surface area (Å²) < 4.78 is 40.5. The van der Waals surface area contributed by atoms with Gasteiger partial charge in [-0.15, -0.1) is 0 Å². The minimum Gasteiger partial charge on any atom is -0.388 e. The van der Waals surface area contributed by atoms with Gasteiger partial charge in [0.05, 0.1) is 0 Å². The van der Waals surface area contributed by atoms with Crippen molar-refractivity contribution in [1.29, 1.82) is 0 Å². The van der Waals surface area contributed by atoms with Gasteiger partial charge in [-0.3, -0.25) is 4.79 Å². The molecule has 0 saturated heterocycles. The first kappa shape index (κ1) is 45.2. The van der Waals surface area contributed by atoms with Gasteiger partial charge in [-0.2, -0.15) is 23.1 Å². The second-order valence-corrected chi connectivity index (χ2v) is 11.2. The van der Waals surface area contributed by atoms with Crippen LogP contribution in [-0.4, -0.2) is 66.4 Å². The SMILES string of the molecule is CC.CCCC(C)CCC.CCCC(CCC)N/C=C(CC)\C(N)=N\c1ncc(C(F)(F)F)c(NCCCN(C)CCNC=O)n1. The zero-order valence-electron chi connectivity index (χ0n) is 30.2. The van der Waals surface area contributed by atoms with Crippen molar-refractivity contribution in [2.75, 3.05) is 38.5 Å². The molecule has 1 heterocycles. The highest BCUT2D eigenvalue weighted by atomic mass is 19.4. The fraction of sp³-hybridized carbons (Fsp3) is 0.765. The second-order valence-electron chi connectivity index (χ2n) is 11.2. The first-order valence-electron chi connectivity index (χ1n) is 17.3. The second kappa shape index (κ2) is 28.3. The van der Waals surface area contributed by atoms with Crippen LogP contribution in [0.2, 0.25) is 0 Å². The molecule has 0 unspecified atom stereocenters. The number of amidine groups is 1. The summed E-state index contributed by atoms with van der Waals surface area (Å²) in [5, 5.41) is 8.72. The fourth-order valence-corrected chi connectivity index (χ4v) is 4.64. The van der Waals surface area contributed by atoms with E-state index >= 15 is 0 Å². The van der Waals surface area contributed by atoms with Crippen molar-refractivity contribution < 1.29 is 18.0 Å². The monoisotopic (exact) mass is 659 g/mol. The van der Waals surface area contributed by atoms with Gasteiger partial charge in [-0.05, 0) is 45.2 Å². The maximum Gasteiger partial charge on any atom is 0.421 e. The van der Waals surface area contributed by atoms with Crippen LogP contribution in [0.4, 0.5) is 24.9 Å². The van der Waals surface area contributed by atoms with Crippen molar-refractivity contribution in [2.24, 2.45) is 16.6 Å². The smallest absolute Gasteiger partial charge is 0.388 e. The number of likely N-dealkylation sites (N-methyl/N-ethyl adjacent to an activating group) is 1. The van der Waals surface area contributed by atoms with Gasteiger partial charge >= 0.3 is 6.18 Å². The van der Waals surface area contributed by atoms with Crippen LogP contribution in [0, 0.1) is 5.92 Å². The van der Waals surface area contributed by atoms with Gasteiger partial charge in [-0.1, -0.05) is 93.9 Å².